The molecule has 0 amide bonds. The molecule has 3 nitrogen and oxygen atoms in total. The SMILES string of the molecule is CCCn1c(C(C)C)nc(-c2c(F)cccc2Cl)c1N. The fourth-order valence-electron chi connectivity index (χ4n) is 2.29. The molecule has 20 heavy (non-hydrogen) atoms. The lowest BCUT2D eigenvalue weighted by atomic mass is 10.1. The maximum absolute atomic E-state index is 14.1. The predicted molar refractivity (Wildman–Crippen MR) is 81.4 cm³/mol. The van der Waals surface area contributed by atoms with Crippen molar-refractivity contribution in [2.75, 3.05) is 5.73 Å². The van der Waals surface area contributed by atoms with Crippen molar-refractivity contribution in [1.29, 1.82) is 0 Å². The van der Waals surface area contributed by atoms with Gasteiger partial charge in [-0.15, -0.1) is 0 Å². The first-order chi connectivity index (χ1) is 9.47. The van der Waals surface area contributed by atoms with Gasteiger partial charge in [0.05, 0.1) is 10.6 Å². The number of rotatable bonds is 4. The molecule has 0 aliphatic heterocycles. The van der Waals surface area contributed by atoms with Crippen LogP contribution >= 0.6 is 11.6 Å². The van der Waals surface area contributed by atoms with Crippen molar-refractivity contribution in [3.05, 3.63) is 34.9 Å². The summed E-state index contributed by atoms with van der Waals surface area (Å²) in [4.78, 5) is 4.53. The number of aromatic nitrogens is 2. The molecule has 2 N–H and O–H groups in total. The van der Waals surface area contributed by atoms with Gasteiger partial charge >= 0.3 is 0 Å². The fraction of sp³-hybridized carbons (Fsp3) is 0.400. The number of imidazole rings is 1. The Morgan fingerprint density at radius 2 is 2.10 bits per heavy atom. The summed E-state index contributed by atoms with van der Waals surface area (Å²) in [6, 6.07) is 4.59. The van der Waals surface area contributed by atoms with Gasteiger partial charge in [0.25, 0.3) is 0 Å². The molecule has 2 aromatic rings. The van der Waals surface area contributed by atoms with Gasteiger partial charge in [-0.05, 0) is 18.6 Å². The van der Waals surface area contributed by atoms with E-state index in [-0.39, 0.29) is 11.5 Å². The molecule has 0 fully saturated rings. The number of nitrogens with zero attached hydrogens (tertiary/aromatic N) is 2. The number of hydrogen-bond acceptors (Lipinski definition) is 2. The molecule has 0 spiro atoms. The Bertz CT molecular complexity index is 600. The van der Waals surface area contributed by atoms with Crippen LogP contribution < -0.4 is 5.73 Å². The Hall–Kier alpha value is -1.55. The molecule has 0 saturated heterocycles. The highest BCUT2D eigenvalue weighted by Crippen LogP contribution is 2.35. The molecule has 2 rings (SSSR count). The molecule has 0 radical (unpaired) electrons. The third-order valence-corrected chi connectivity index (χ3v) is 3.51. The van der Waals surface area contributed by atoms with Gasteiger partial charge in [0, 0.05) is 12.5 Å². The highest BCUT2D eigenvalue weighted by atomic mass is 35.5. The predicted octanol–water partition coefficient (Wildman–Crippen LogP) is 4.46. The van der Waals surface area contributed by atoms with E-state index in [1.807, 2.05) is 18.4 Å². The summed E-state index contributed by atoms with van der Waals surface area (Å²) in [7, 11) is 0. The van der Waals surface area contributed by atoms with E-state index >= 15 is 0 Å². The first-order valence-corrected chi connectivity index (χ1v) is 7.15. The molecule has 0 aliphatic carbocycles. The quantitative estimate of drug-likeness (QED) is 0.905. The molecular formula is C15H19ClFN3. The van der Waals surface area contributed by atoms with Crippen molar-refractivity contribution >= 4 is 17.4 Å². The molecule has 0 bridgehead atoms. The molecule has 108 valence electrons. The highest BCUT2D eigenvalue weighted by Gasteiger charge is 2.21. The molecule has 1 heterocycles. The average molecular weight is 296 g/mol. The number of hydrogen-bond donors (Lipinski definition) is 1. The second kappa shape index (κ2) is 5.83. The van der Waals surface area contributed by atoms with E-state index in [2.05, 4.69) is 11.9 Å². The highest BCUT2D eigenvalue weighted by molar-refractivity contribution is 6.33. The van der Waals surface area contributed by atoms with Crippen molar-refractivity contribution in [2.45, 2.75) is 39.7 Å². The standard InChI is InChI=1S/C15H19ClFN3/c1-4-8-20-14(18)13(19-15(20)9(2)3)12-10(16)6-5-7-11(12)17/h5-7,9H,4,8,18H2,1-3H3. The van der Waals surface area contributed by atoms with E-state index in [9.17, 15) is 4.39 Å². The zero-order valence-corrected chi connectivity index (χ0v) is 12.7. The summed E-state index contributed by atoms with van der Waals surface area (Å²) in [6.45, 7) is 6.92. The minimum Gasteiger partial charge on any atom is -0.383 e. The van der Waals surface area contributed by atoms with Gasteiger partial charge in [-0.25, -0.2) is 9.37 Å². The van der Waals surface area contributed by atoms with E-state index < -0.39 is 5.82 Å². The monoisotopic (exact) mass is 295 g/mol. The van der Waals surface area contributed by atoms with Crippen molar-refractivity contribution in [1.82, 2.24) is 9.55 Å². The Balaban J connectivity index is 2.66. The second-order valence-corrected chi connectivity index (χ2v) is 5.51. The average Bonchev–Trinajstić information content (AvgIpc) is 2.69. The van der Waals surface area contributed by atoms with Crippen LogP contribution in [-0.2, 0) is 6.54 Å². The largest absolute Gasteiger partial charge is 0.383 e. The number of anilines is 1. The van der Waals surface area contributed by atoms with E-state index in [4.69, 9.17) is 17.3 Å². The van der Waals surface area contributed by atoms with E-state index in [0.29, 0.717) is 16.5 Å². The third-order valence-electron chi connectivity index (χ3n) is 3.20. The van der Waals surface area contributed by atoms with Crippen LogP contribution in [0, 0.1) is 5.82 Å². The molecule has 0 aliphatic rings. The summed E-state index contributed by atoms with van der Waals surface area (Å²) in [5.74, 6) is 1.14. The van der Waals surface area contributed by atoms with Crippen molar-refractivity contribution in [3.8, 4) is 11.3 Å². The van der Waals surface area contributed by atoms with Gasteiger partial charge < -0.3 is 10.3 Å². The fourth-order valence-corrected chi connectivity index (χ4v) is 2.54. The first kappa shape index (κ1) is 14.9. The lowest BCUT2D eigenvalue weighted by Crippen LogP contribution is -2.08. The van der Waals surface area contributed by atoms with Crippen LogP contribution in [0.2, 0.25) is 5.02 Å². The Kier molecular flexibility index (Phi) is 4.33. The van der Waals surface area contributed by atoms with E-state index in [0.717, 1.165) is 18.8 Å². The van der Waals surface area contributed by atoms with Crippen LogP contribution in [0.25, 0.3) is 11.3 Å². The third kappa shape index (κ3) is 2.52. The minimum absolute atomic E-state index is 0.211. The zero-order valence-electron chi connectivity index (χ0n) is 12.0. The summed E-state index contributed by atoms with van der Waals surface area (Å²) < 4.78 is 16.0. The lowest BCUT2D eigenvalue weighted by molar-refractivity contribution is 0.616. The second-order valence-electron chi connectivity index (χ2n) is 5.11. The number of nitrogen functional groups attached to an aromatic ring is 1. The van der Waals surface area contributed by atoms with Crippen molar-refractivity contribution in [3.63, 3.8) is 0 Å². The molecular weight excluding hydrogens is 277 g/mol. The molecule has 0 atom stereocenters. The van der Waals surface area contributed by atoms with Gasteiger partial charge in [-0.2, -0.15) is 0 Å². The summed E-state index contributed by atoms with van der Waals surface area (Å²) >= 11 is 6.11. The van der Waals surface area contributed by atoms with Crippen LogP contribution in [0.3, 0.4) is 0 Å². The number of benzene rings is 1. The van der Waals surface area contributed by atoms with Crippen LogP contribution in [0.15, 0.2) is 18.2 Å². The molecule has 1 aromatic carbocycles. The molecule has 1 aromatic heterocycles. The zero-order chi connectivity index (χ0) is 14.9. The topological polar surface area (TPSA) is 43.8 Å². The summed E-state index contributed by atoms with van der Waals surface area (Å²) in [5, 5.41) is 0.327. The molecule has 5 heteroatoms. The molecule has 0 unspecified atom stereocenters. The number of nitrogens with two attached hydrogens (primary N) is 1. The van der Waals surface area contributed by atoms with Crippen LogP contribution in [0.5, 0.6) is 0 Å². The maximum Gasteiger partial charge on any atom is 0.134 e. The van der Waals surface area contributed by atoms with Gasteiger partial charge in [-0.3, -0.25) is 0 Å². The minimum atomic E-state index is -0.402. The Morgan fingerprint density at radius 3 is 2.65 bits per heavy atom. The van der Waals surface area contributed by atoms with Crippen LogP contribution in [-0.4, -0.2) is 9.55 Å². The number of halogens is 2. The van der Waals surface area contributed by atoms with E-state index in [1.165, 1.54) is 6.07 Å². The molecule has 0 saturated carbocycles. The van der Waals surface area contributed by atoms with Gasteiger partial charge in [0.2, 0.25) is 0 Å². The van der Waals surface area contributed by atoms with Crippen molar-refractivity contribution < 1.29 is 4.39 Å². The van der Waals surface area contributed by atoms with Gasteiger partial charge in [0.15, 0.2) is 0 Å². The maximum atomic E-state index is 14.1. The van der Waals surface area contributed by atoms with Crippen LogP contribution in [0.4, 0.5) is 10.2 Å². The van der Waals surface area contributed by atoms with Crippen molar-refractivity contribution in [2.24, 2.45) is 0 Å². The summed E-state index contributed by atoms with van der Waals surface area (Å²) in [5.41, 5.74) is 6.89. The van der Waals surface area contributed by atoms with Gasteiger partial charge in [-0.1, -0.05) is 38.4 Å². The Labute approximate surface area is 123 Å². The normalized spacial score (nSPS) is 11.3. The summed E-state index contributed by atoms with van der Waals surface area (Å²) in [6.07, 6.45) is 0.935. The van der Waals surface area contributed by atoms with Crippen LogP contribution in [0.1, 0.15) is 38.9 Å². The Morgan fingerprint density at radius 1 is 1.40 bits per heavy atom. The van der Waals surface area contributed by atoms with Gasteiger partial charge in [0.1, 0.15) is 23.2 Å². The van der Waals surface area contributed by atoms with E-state index in [1.54, 1.807) is 12.1 Å². The smallest absolute Gasteiger partial charge is 0.134 e. The first-order valence-electron chi connectivity index (χ1n) is 6.77. The lowest BCUT2D eigenvalue weighted by Gasteiger charge is -2.10.